The second kappa shape index (κ2) is 6.74. The van der Waals surface area contributed by atoms with Crippen molar-refractivity contribution >= 4 is 23.2 Å². The summed E-state index contributed by atoms with van der Waals surface area (Å²) in [6, 6.07) is 14.1. The summed E-state index contributed by atoms with van der Waals surface area (Å²) in [6.45, 7) is 0.138. The first-order valence-corrected chi connectivity index (χ1v) is 7.44. The molecular formula is C17H10Cl2N2O2. The van der Waals surface area contributed by atoms with E-state index in [9.17, 15) is 0 Å². The number of rotatable bonds is 4. The summed E-state index contributed by atoms with van der Waals surface area (Å²) < 4.78 is 11.2. The third-order valence-electron chi connectivity index (χ3n) is 3.09. The van der Waals surface area contributed by atoms with Crippen molar-refractivity contribution in [2.75, 3.05) is 0 Å². The van der Waals surface area contributed by atoms with Gasteiger partial charge in [0.25, 0.3) is 0 Å². The van der Waals surface area contributed by atoms with Crippen molar-refractivity contribution in [2.45, 2.75) is 6.61 Å². The summed E-state index contributed by atoms with van der Waals surface area (Å²) >= 11 is 11.9. The van der Waals surface area contributed by atoms with E-state index in [-0.39, 0.29) is 6.61 Å². The molecule has 0 saturated heterocycles. The highest BCUT2D eigenvalue weighted by Gasteiger charge is 2.09. The highest BCUT2D eigenvalue weighted by Crippen LogP contribution is 2.27. The van der Waals surface area contributed by atoms with E-state index in [1.54, 1.807) is 36.5 Å². The van der Waals surface area contributed by atoms with Gasteiger partial charge >= 0.3 is 0 Å². The van der Waals surface area contributed by atoms with Crippen molar-refractivity contribution in [1.82, 2.24) is 4.98 Å². The first-order chi connectivity index (χ1) is 11.2. The summed E-state index contributed by atoms with van der Waals surface area (Å²) in [5, 5.41) is 9.83. The predicted molar refractivity (Wildman–Crippen MR) is 87.4 cm³/mol. The second-order valence-electron chi connectivity index (χ2n) is 4.67. The van der Waals surface area contributed by atoms with Gasteiger partial charge in [-0.1, -0.05) is 23.2 Å². The standard InChI is InChI=1S/C17H10Cl2N2O2/c18-13-4-2-12(3-5-13)16-9-21-17(23-16)10-22-15-6-1-11(8-20)7-14(15)19/h1-7,9H,10H2. The lowest BCUT2D eigenvalue weighted by atomic mass is 10.2. The second-order valence-corrected chi connectivity index (χ2v) is 5.51. The maximum absolute atomic E-state index is 8.81. The lowest BCUT2D eigenvalue weighted by molar-refractivity contribution is 0.265. The molecule has 0 aliphatic carbocycles. The van der Waals surface area contributed by atoms with Crippen LogP contribution in [0, 0.1) is 11.3 Å². The van der Waals surface area contributed by atoms with E-state index in [0.29, 0.717) is 33.0 Å². The summed E-state index contributed by atoms with van der Waals surface area (Å²) in [5.74, 6) is 1.53. The number of ether oxygens (including phenoxy) is 1. The van der Waals surface area contributed by atoms with Gasteiger partial charge in [0.15, 0.2) is 12.4 Å². The Kier molecular flexibility index (Phi) is 4.52. The predicted octanol–water partition coefficient (Wildman–Crippen LogP) is 5.10. The van der Waals surface area contributed by atoms with E-state index >= 15 is 0 Å². The Hall–Kier alpha value is -2.48. The summed E-state index contributed by atoms with van der Waals surface area (Å²) in [6.07, 6.45) is 1.63. The minimum absolute atomic E-state index is 0.138. The van der Waals surface area contributed by atoms with Crippen LogP contribution in [0.5, 0.6) is 5.75 Å². The van der Waals surface area contributed by atoms with E-state index in [1.807, 2.05) is 18.2 Å². The molecule has 4 nitrogen and oxygen atoms in total. The van der Waals surface area contributed by atoms with Crippen molar-refractivity contribution < 1.29 is 9.15 Å². The van der Waals surface area contributed by atoms with Gasteiger partial charge in [0.2, 0.25) is 5.89 Å². The van der Waals surface area contributed by atoms with Gasteiger partial charge in [-0.3, -0.25) is 0 Å². The number of benzene rings is 2. The van der Waals surface area contributed by atoms with Crippen molar-refractivity contribution in [3.05, 3.63) is 70.2 Å². The lowest BCUT2D eigenvalue weighted by Crippen LogP contribution is -1.96. The molecule has 0 aliphatic heterocycles. The molecule has 3 aromatic rings. The van der Waals surface area contributed by atoms with Gasteiger partial charge < -0.3 is 9.15 Å². The Labute approximate surface area is 142 Å². The Morgan fingerprint density at radius 1 is 1.13 bits per heavy atom. The quantitative estimate of drug-likeness (QED) is 0.660. The van der Waals surface area contributed by atoms with Crippen LogP contribution in [0.25, 0.3) is 11.3 Å². The summed E-state index contributed by atoms with van der Waals surface area (Å²) in [5.41, 5.74) is 1.35. The number of hydrogen-bond acceptors (Lipinski definition) is 4. The molecular weight excluding hydrogens is 335 g/mol. The molecule has 0 aliphatic rings. The van der Waals surface area contributed by atoms with Crippen LogP contribution in [0.3, 0.4) is 0 Å². The first kappa shape index (κ1) is 15.4. The topological polar surface area (TPSA) is 59.0 Å². The number of nitriles is 1. The average molecular weight is 345 g/mol. The zero-order chi connectivity index (χ0) is 16.2. The minimum atomic E-state index is 0.138. The van der Waals surface area contributed by atoms with Gasteiger partial charge in [0.05, 0.1) is 22.9 Å². The molecule has 114 valence electrons. The number of oxazole rings is 1. The van der Waals surface area contributed by atoms with Crippen LogP contribution in [-0.4, -0.2) is 4.98 Å². The molecule has 2 aromatic carbocycles. The van der Waals surface area contributed by atoms with Gasteiger partial charge in [0.1, 0.15) is 5.75 Å². The van der Waals surface area contributed by atoms with E-state index in [2.05, 4.69) is 4.98 Å². The van der Waals surface area contributed by atoms with Crippen LogP contribution in [-0.2, 0) is 6.61 Å². The Bertz CT molecular complexity index is 867. The molecule has 0 atom stereocenters. The molecule has 0 unspecified atom stereocenters. The molecule has 0 N–H and O–H groups in total. The first-order valence-electron chi connectivity index (χ1n) is 6.69. The fourth-order valence-electron chi connectivity index (χ4n) is 1.95. The maximum atomic E-state index is 8.81. The molecule has 0 bridgehead atoms. The molecule has 0 amide bonds. The molecule has 0 spiro atoms. The fourth-order valence-corrected chi connectivity index (χ4v) is 2.31. The number of halogens is 2. The monoisotopic (exact) mass is 344 g/mol. The molecule has 0 radical (unpaired) electrons. The molecule has 0 fully saturated rings. The van der Waals surface area contributed by atoms with Crippen LogP contribution in [0.1, 0.15) is 11.5 Å². The molecule has 0 saturated carbocycles. The van der Waals surface area contributed by atoms with Crippen molar-refractivity contribution in [3.8, 4) is 23.1 Å². The zero-order valence-corrected chi connectivity index (χ0v) is 13.3. The maximum Gasteiger partial charge on any atom is 0.232 e. The lowest BCUT2D eigenvalue weighted by Gasteiger charge is -2.05. The van der Waals surface area contributed by atoms with E-state index in [4.69, 9.17) is 37.6 Å². The van der Waals surface area contributed by atoms with Crippen LogP contribution >= 0.6 is 23.2 Å². The van der Waals surface area contributed by atoms with Crippen molar-refractivity contribution in [1.29, 1.82) is 5.26 Å². The molecule has 3 rings (SSSR count). The zero-order valence-electron chi connectivity index (χ0n) is 11.8. The number of nitrogens with zero attached hydrogens (tertiary/aromatic N) is 2. The van der Waals surface area contributed by atoms with Crippen LogP contribution < -0.4 is 4.74 Å². The summed E-state index contributed by atoms with van der Waals surface area (Å²) in [7, 11) is 0. The number of aromatic nitrogens is 1. The van der Waals surface area contributed by atoms with Crippen LogP contribution in [0.15, 0.2) is 53.1 Å². The normalized spacial score (nSPS) is 10.3. The minimum Gasteiger partial charge on any atom is -0.482 e. The third-order valence-corrected chi connectivity index (χ3v) is 3.64. The van der Waals surface area contributed by atoms with Gasteiger partial charge in [-0.2, -0.15) is 5.26 Å². The van der Waals surface area contributed by atoms with Gasteiger partial charge in [0, 0.05) is 10.6 Å². The van der Waals surface area contributed by atoms with Crippen molar-refractivity contribution in [3.63, 3.8) is 0 Å². The highest BCUT2D eigenvalue weighted by molar-refractivity contribution is 6.32. The van der Waals surface area contributed by atoms with Gasteiger partial charge in [-0.15, -0.1) is 0 Å². The fraction of sp³-hybridized carbons (Fsp3) is 0.0588. The smallest absolute Gasteiger partial charge is 0.232 e. The summed E-state index contributed by atoms with van der Waals surface area (Å²) in [4.78, 5) is 4.17. The van der Waals surface area contributed by atoms with E-state index in [0.717, 1.165) is 5.56 Å². The largest absolute Gasteiger partial charge is 0.482 e. The Balaban J connectivity index is 1.70. The van der Waals surface area contributed by atoms with Crippen LogP contribution in [0.2, 0.25) is 10.0 Å². The number of hydrogen-bond donors (Lipinski definition) is 0. The van der Waals surface area contributed by atoms with E-state index in [1.165, 1.54) is 0 Å². The van der Waals surface area contributed by atoms with Gasteiger partial charge in [-0.05, 0) is 42.5 Å². The molecule has 6 heteroatoms. The molecule has 23 heavy (non-hydrogen) atoms. The SMILES string of the molecule is N#Cc1ccc(OCc2ncc(-c3ccc(Cl)cc3)o2)c(Cl)c1. The average Bonchev–Trinajstić information content (AvgIpc) is 3.03. The Morgan fingerprint density at radius 2 is 1.91 bits per heavy atom. The molecule has 1 heterocycles. The molecule has 1 aromatic heterocycles. The van der Waals surface area contributed by atoms with Crippen LogP contribution in [0.4, 0.5) is 0 Å². The van der Waals surface area contributed by atoms with E-state index < -0.39 is 0 Å². The van der Waals surface area contributed by atoms with Crippen molar-refractivity contribution in [2.24, 2.45) is 0 Å². The van der Waals surface area contributed by atoms with Gasteiger partial charge in [-0.25, -0.2) is 4.98 Å². The third kappa shape index (κ3) is 3.65. The highest BCUT2D eigenvalue weighted by atomic mass is 35.5. The Morgan fingerprint density at radius 3 is 2.61 bits per heavy atom.